The van der Waals surface area contributed by atoms with E-state index in [1.807, 2.05) is 0 Å². The van der Waals surface area contributed by atoms with Gasteiger partial charge in [0, 0.05) is 5.54 Å². The molecule has 0 spiro atoms. The van der Waals surface area contributed by atoms with Crippen LogP contribution in [0.5, 0.6) is 0 Å². The van der Waals surface area contributed by atoms with Crippen molar-refractivity contribution in [3.05, 3.63) is 0 Å². The average molecular weight is 246 g/mol. The topological polar surface area (TPSA) is 72.2 Å². The second-order valence-corrected chi connectivity index (χ2v) is 6.80. The van der Waals surface area contributed by atoms with E-state index in [-0.39, 0.29) is 16.7 Å². The molecule has 94 valence electrons. The zero-order valence-electron chi connectivity index (χ0n) is 10.7. The number of carbonyl (C=O) groups excluding carboxylic acids is 2. The number of hydrogen-bond donors (Lipinski definition) is 2. The van der Waals surface area contributed by atoms with Crippen molar-refractivity contribution in [2.45, 2.75) is 46.6 Å². The standard InChI is InChI=1S/C8H19N.C3H3NO2S/c1-7(2,3)6-8(4,5)9;5-2-1-7-3(6)4-2/h6,9H2,1-5H3;1H2,(H,4,5,6). The van der Waals surface area contributed by atoms with Crippen LogP contribution < -0.4 is 11.1 Å². The number of nitrogens with one attached hydrogen (secondary N) is 1. The number of thioether (sulfide) groups is 1. The number of nitrogens with two attached hydrogens (primary N) is 1. The first-order valence-corrected chi connectivity index (χ1v) is 6.24. The number of carbonyl (C=O) groups is 2. The summed E-state index contributed by atoms with van der Waals surface area (Å²) in [7, 11) is 0. The minimum Gasteiger partial charge on any atom is -0.326 e. The van der Waals surface area contributed by atoms with E-state index in [0.29, 0.717) is 11.2 Å². The van der Waals surface area contributed by atoms with E-state index in [1.54, 1.807) is 0 Å². The highest BCUT2D eigenvalue weighted by atomic mass is 32.2. The third-order valence-corrected chi connectivity index (χ3v) is 2.33. The average Bonchev–Trinajstić information content (AvgIpc) is 2.26. The number of rotatable bonds is 1. The lowest BCUT2D eigenvalue weighted by Crippen LogP contribution is -2.36. The summed E-state index contributed by atoms with van der Waals surface area (Å²) in [6, 6.07) is 0. The van der Waals surface area contributed by atoms with Crippen molar-refractivity contribution in [1.82, 2.24) is 5.32 Å². The molecule has 0 aliphatic carbocycles. The Hall–Kier alpha value is -0.550. The first kappa shape index (κ1) is 15.4. The molecule has 0 aromatic carbocycles. The van der Waals surface area contributed by atoms with Crippen LogP contribution in [0.1, 0.15) is 41.0 Å². The summed E-state index contributed by atoms with van der Waals surface area (Å²) < 4.78 is 0. The molecular formula is C11H22N2O2S. The molecule has 0 aromatic rings. The van der Waals surface area contributed by atoms with Crippen LogP contribution >= 0.6 is 11.8 Å². The predicted molar refractivity (Wildman–Crippen MR) is 68.3 cm³/mol. The highest BCUT2D eigenvalue weighted by Crippen LogP contribution is 2.24. The Morgan fingerprint density at radius 3 is 1.81 bits per heavy atom. The minimum absolute atomic E-state index is 0.0156. The van der Waals surface area contributed by atoms with E-state index in [0.717, 1.165) is 18.2 Å². The van der Waals surface area contributed by atoms with E-state index in [1.165, 1.54) is 0 Å². The van der Waals surface area contributed by atoms with E-state index in [9.17, 15) is 9.59 Å². The maximum Gasteiger partial charge on any atom is 0.286 e. The Labute approximate surface area is 102 Å². The van der Waals surface area contributed by atoms with Gasteiger partial charge in [-0.05, 0) is 25.7 Å². The Kier molecular flexibility index (Phi) is 5.49. The Morgan fingerprint density at radius 1 is 1.25 bits per heavy atom. The Morgan fingerprint density at radius 2 is 1.75 bits per heavy atom. The summed E-state index contributed by atoms with van der Waals surface area (Å²) in [6.45, 7) is 10.8. The Bertz CT molecular complexity index is 238. The molecule has 1 heterocycles. The van der Waals surface area contributed by atoms with Gasteiger partial charge in [-0.2, -0.15) is 0 Å². The molecule has 16 heavy (non-hydrogen) atoms. The van der Waals surface area contributed by atoms with Crippen molar-refractivity contribution < 1.29 is 9.59 Å². The fraction of sp³-hybridized carbons (Fsp3) is 0.818. The zero-order chi connectivity index (χ0) is 13.0. The fourth-order valence-corrected chi connectivity index (χ4v) is 2.20. The number of amides is 2. The van der Waals surface area contributed by atoms with Crippen LogP contribution in [0, 0.1) is 5.41 Å². The van der Waals surface area contributed by atoms with Crippen LogP contribution in [0.25, 0.3) is 0 Å². The molecule has 0 atom stereocenters. The summed E-state index contributed by atoms with van der Waals surface area (Å²) in [5, 5.41) is 1.87. The van der Waals surface area contributed by atoms with E-state index >= 15 is 0 Å². The van der Waals surface area contributed by atoms with E-state index < -0.39 is 0 Å². The molecular weight excluding hydrogens is 224 g/mol. The molecule has 0 bridgehead atoms. The highest BCUT2D eigenvalue weighted by Gasteiger charge is 2.20. The summed E-state index contributed by atoms with van der Waals surface area (Å²) in [6.07, 6.45) is 1.07. The zero-order valence-corrected chi connectivity index (χ0v) is 11.5. The van der Waals surface area contributed by atoms with Gasteiger partial charge in [-0.1, -0.05) is 32.5 Å². The number of imide groups is 1. The molecule has 1 aliphatic rings. The van der Waals surface area contributed by atoms with Gasteiger partial charge in [-0.15, -0.1) is 0 Å². The van der Waals surface area contributed by atoms with Gasteiger partial charge in [-0.25, -0.2) is 0 Å². The second kappa shape index (κ2) is 5.68. The smallest absolute Gasteiger partial charge is 0.286 e. The van der Waals surface area contributed by atoms with Crippen molar-refractivity contribution in [1.29, 1.82) is 0 Å². The molecule has 5 heteroatoms. The van der Waals surface area contributed by atoms with E-state index in [4.69, 9.17) is 5.73 Å². The quantitative estimate of drug-likeness (QED) is 0.743. The molecule has 4 nitrogen and oxygen atoms in total. The van der Waals surface area contributed by atoms with Gasteiger partial charge in [0.1, 0.15) is 0 Å². The molecule has 0 aromatic heterocycles. The minimum atomic E-state index is -0.231. The summed E-state index contributed by atoms with van der Waals surface area (Å²) >= 11 is 1.01. The van der Waals surface area contributed by atoms with Crippen LogP contribution in [0.2, 0.25) is 0 Å². The molecule has 1 aliphatic heterocycles. The van der Waals surface area contributed by atoms with Gasteiger partial charge in [0.2, 0.25) is 5.91 Å². The van der Waals surface area contributed by atoms with Crippen LogP contribution in [0.15, 0.2) is 0 Å². The van der Waals surface area contributed by atoms with Crippen LogP contribution in [0.4, 0.5) is 4.79 Å². The summed E-state index contributed by atoms with van der Waals surface area (Å²) in [4.78, 5) is 20.2. The van der Waals surface area contributed by atoms with Crippen LogP contribution in [-0.2, 0) is 4.79 Å². The lowest BCUT2D eigenvalue weighted by atomic mass is 9.82. The SMILES string of the molecule is CC(C)(C)CC(C)(C)N.O=C1CSC(=O)N1. The van der Waals surface area contributed by atoms with Crippen LogP contribution in [0.3, 0.4) is 0 Å². The Balaban J connectivity index is 0.000000288. The van der Waals surface area contributed by atoms with Gasteiger partial charge >= 0.3 is 0 Å². The lowest BCUT2D eigenvalue weighted by Gasteiger charge is -2.28. The first-order chi connectivity index (χ1) is 6.99. The second-order valence-electron chi connectivity index (χ2n) is 5.85. The van der Waals surface area contributed by atoms with Crippen molar-refractivity contribution in [3.63, 3.8) is 0 Å². The molecule has 0 saturated carbocycles. The van der Waals surface area contributed by atoms with E-state index in [2.05, 4.69) is 39.9 Å². The molecule has 3 N–H and O–H groups in total. The first-order valence-electron chi connectivity index (χ1n) is 5.25. The van der Waals surface area contributed by atoms with Gasteiger partial charge < -0.3 is 5.73 Å². The van der Waals surface area contributed by atoms with Gasteiger partial charge in [0.15, 0.2) is 0 Å². The molecule has 0 radical (unpaired) electrons. The highest BCUT2D eigenvalue weighted by molar-refractivity contribution is 8.14. The monoisotopic (exact) mass is 246 g/mol. The predicted octanol–water partition coefficient (Wildman–Crippen LogP) is 2.13. The van der Waals surface area contributed by atoms with Gasteiger partial charge in [-0.3, -0.25) is 14.9 Å². The van der Waals surface area contributed by atoms with Crippen molar-refractivity contribution in [2.75, 3.05) is 5.75 Å². The van der Waals surface area contributed by atoms with Crippen molar-refractivity contribution in [2.24, 2.45) is 11.1 Å². The summed E-state index contributed by atoms with van der Waals surface area (Å²) in [5.41, 5.74) is 6.17. The third-order valence-electron chi connectivity index (χ3n) is 1.56. The molecule has 2 amide bonds. The third kappa shape index (κ3) is 9.98. The maximum absolute atomic E-state index is 10.1. The molecule has 1 saturated heterocycles. The van der Waals surface area contributed by atoms with Crippen molar-refractivity contribution in [3.8, 4) is 0 Å². The largest absolute Gasteiger partial charge is 0.326 e. The molecule has 0 unspecified atom stereocenters. The molecule has 1 rings (SSSR count). The number of hydrogen-bond acceptors (Lipinski definition) is 4. The molecule has 1 fully saturated rings. The summed E-state index contributed by atoms with van der Waals surface area (Å²) in [5.74, 6) is 0.105. The maximum atomic E-state index is 10.1. The normalized spacial score (nSPS) is 16.6. The van der Waals surface area contributed by atoms with Crippen LogP contribution in [-0.4, -0.2) is 22.4 Å². The van der Waals surface area contributed by atoms with Crippen molar-refractivity contribution >= 4 is 22.9 Å². The van der Waals surface area contributed by atoms with Gasteiger partial charge in [0.25, 0.3) is 5.24 Å². The fourth-order valence-electron chi connectivity index (χ4n) is 1.68. The van der Waals surface area contributed by atoms with Gasteiger partial charge in [0.05, 0.1) is 5.75 Å². The lowest BCUT2D eigenvalue weighted by molar-refractivity contribution is -0.117.